The largest absolute Gasteiger partial charge is 0.473 e. The third kappa shape index (κ3) is 3.33. The molecule has 0 radical (unpaired) electrons. The number of aromatic nitrogens is 3. The van der Waals surface area contributed by atoms with Crippen molar-refractivity contribution >= 4 is 0 Å². The van der Waals surface area contributed by atoms with Gasteiger partial charge in [-0.3, -0.25) is 9.88 Å². The molecule has 0 spiro atoms. The van der Waals surface area contributed by atoms with E-state index in [9.17, 15) is 0 Å². The van der Waals surface area contributed by atoms with Gasteiger partial charge in [-0.25, -0.2) is 9.97 Å². The Kier molecular flexibility index (Phi) is 3.92. The van der Waals surface area contributed by atoms with Crippen LogP contribution >= 0.6 is 0 Å². The van der Waals surface area contributed by atoms with Crippen molar-refractivity contribution in [2.24, 2.45) is 0 Å². The highest BCUT2D eigenvalue weighted by molar-refractivity contribution is 5.07. The molecule has 0 unspecified atom stereocenters. The van der Waals surface area contributed by atoms with Gasteiger partial charge in [0.05, 0.1) is 17.6 Å². The molecule has 0 atom stereocenters. The molecular weight excluding hydrogens is 256 g/mol. The quantitative estimate of drug-likeness (QED) is 0.847. The van der Waals surface area contributed by atoms with Crippen molar-refractivity contribution in [1.82, 2.24) is 19.9 Å². The third-order valence-electron chi connectivity index (χ3n) is 3.42. The summed E-state index contributed by atoms with van der Waals surface area (Å²) in [6.07, 6.45) is 8.79. The Morgan fingerprint density at radius 1 is 1.35 bits per heavy atom. The lowest BCUT2D eigenvalue weighted by Crippen LogP contribution is -2.38. The average molecular weight is 274 g/mol. The number of ether oxygens (including phenoxy) is 1. The van der Waals surface area contributed by atoms with Crippen molar-refractivity contribution in [2.45, 2.75) is 32.4 Å². The van der Waals surface area contributed by atoms with E-state index in [4.69, 9.17) is 9.15 Å². The molecular formula is C14H18N4O2. The van der Waals surface area contributed by atoms with E-state index in [-0.39, 0.29) is 6.10 Å². The van der Waals surface area contributed by atoms with Crippen LogP contribution in [0.5, 0.6) is 5.88 Å². The molecule has 6 heteroatoms. The number of hydrogen-bond acceptors (Lipinski definition) is 6. The van der Waals surface area contributed by atoms with Crippen LogP contribution in [0.4, 0.5) is 0 Å². The number of aryl methyl sites for hydroxylation is 1. The molecule has 2 aromatic rings. The molecule has 3 heterocycles. The topological polar surface area (TPSA) is 64.3 Å². The van der Waals surface area contributed by atoms with Gasteiger partial charge in [-0.15, -0.1) is 0 Å². The van der Waals surface area contributed by atoms with Crippen molar-refractivity contribution in [3.63, 3.8) is 0 Å². The number of nitrogens with zero attached hydrogens (tertiary/aromatic N) is 4. The minimum absolute atomic E-state index is 0.222. The predicted octanol–water partition coefficient (Wildman–Crippen LogP) is 1.82. The van der Waals surface area contributed by atoms with Crippen LogP contribution in [0.3, 0.4) is 0 Å². The first-order valence-corrected chi connectivity index (χ1v) is 6.84. The summed E-state index contributed by atoms with van der Waals surface area (Å²) in [7, 11) is 0. The summed E-state index contributed by atoms with van der Waals surface area (Å²) < 4.78 is 10.9. The predicted molar refractivity (Wildman–Crippen MR) is 72.2 cm³/mol. The molecule has 6 nitrogen and oxygen atoms in total. The molecule has 1 aliphatic heterocycles. The minimum Gasteiger partial charge on any atom is -0.473 e. The number of likely N-dealkylation sites (tertiary alicyclic amines) is 1. The normalized spacial score (nSPS) is 17.2. The lowest BCUT2D eigenvalue weighted by molar-refractivity contribution is 0.0921. The molecule has 20 heavy (non-hydrogen) atoms. The molecule has 1 fully saturated rings. The number of piperidine rings is 1. The van der Waals surface area contributed by atoms with E-state index >= 15 is 0 Å². The Morgan fingerprint density at radius 3 is 2.90 bits per heavy atom. The van der Waals surface area contributed by atoms with Gasteiger partial charge in [-0.1, -0.05) is 0 Å². The van der Waals surface area contributed by atoms with Crippen molar-refractivity contribution in [1.29, 1.82) is 0 Å². The Balaban J connectivity index is 1.48. The fourth-order valence-electron chi connectivity index (χ4n) is 2.40. The Morgan fingerprint density at radius 2 is 2.20 bits per heavy atom. The van der Waals surface area contributed by atoms with Gasteiger partial charge in [0.25, 0.3) is 0 Å². The van der Waals surface area contributed by atoms with Gasteiger partial charge in [0.2, 0.25) is 5.88 Å². The van der Waals surface area contributed by atoms with Crippen LogP contribution in [0.15, 0.2) is 29.5 Å². The van der Waals surface area contributed by atoms with Gasteiger partial charge in [0, 0.05) is 25.8 Å². The first-order valence-electron chi connectivity index (χ1n) is 6.84. The number of hydrogen-bond donors (Lipinski definition) is 0. The summed E-state index contributed by atoms with van der Waals surface area (Å²) in [6.45, 7) is 4.75. The summed E-state index contributed by atoms with van der Waals surface area (Å²) in [5.74, 6) is 0.625. The van der Waals surface area contributed by atoms with Crippen LogP contribution in [-0.4, -0.2) is 39.0 Å². The zero-order valence-corrected chi connectivity index (χ0v) is 11.5. The highest BCUT2D eigenvalue weighted by atomic mass is 16.5. The summed E-state index contributed by atoms with van der Waals surface area (Å²) in [6, 6.07) is 0. The van der Waals surface area contributed by atoms with Gasteiger partial charge in [-0.2, -0.15) is 0 Å². The second kappa shape index (κ2) is 6.00. The van der Waals surface area contributed by atoms with E-state index < -0.39 is 0 Å². The van der Waals surface area contributed by atoms with E-state index in [1.54, 1.807) is 18.7 Å². The highest BCUT2D eigenvalue weighted by Gasteiger charge is 2.21. The maximum Gasteiger partial charge on any atom is 0.232 e. The molecule has 1 aliphatic rings. The van der Waals surface area contributed by atoms with Crippen LogP contribution in [-0.2, 0) is 6.54 Å². The van der Waals surface area contributed by atoms with Crippen molar-refractivity contribution in [3.8, 4) is 5.88 Å². The van der Waals surface area contributed by atoms with E-state index in [0.29, 0.717) is 5.88 Å². The Labute approximate surface area is 117 Å². The van der Waals surface area contributed by atoms with Gasteiger partial charge >= 0.3 is 0 Å². The lowest BCUT2D eigenvalue weighted by atomic mass is 10.1. The smallest absolute Gasteiger partial charge is 0.232 e. The van der Waals surface area contributed by atoms with Crippen LogP contribution in [0.1, 0.15) is 24.2 Å². The van der Waals surface area contributed by atoms with Gasteiger partial charge < -0.3 is 9.15 Å². The van der Waals surface area contributed by atoms with E-state index in [0.717, 1.165) is 43.9 Å². The molecule has 0 N–H and O–H groups in total. The van der Waals surface area contributed by atoms with Crippen LogP contribution in [0.25, 0.3) is 0 Å². The zero-order chi connectivity index (χ0) is 13.8. The zero-order valence-electron chi connectivity index (χ0n) is 11.5. The van der Waals surface area contributed by atoms with Crippen molar-refractivity contribution < 1.29 is 9.15 Å². The summed E-state index contributed by atoms with van der Waals surface area (Å²) in [5, 5.41) is 0. The molecule has 0 aliphatic carbocycles. The maximum absolute atomic E-state index is 5.89. The molecule has 2 aromatic heterocycles. The van der Waals surface area contributed by atoms with Crippen LogP contribution in [0, 0.1) is 6.92 Å². The summed E-state index contributed by atoms with van der Waals surface area (Å²) >= 11 is 0. The Hall–Kier alpha value is -1.95. The van der Waals surface area contributed by atoms with E-state index in [2.05, 4.69) is 19.9 Å². The first kappa shape index (κ1) is 13.1. The SMILES string of the molecule is Cc1cncc(OC2CCN(Cc3cocn3)CC2)n1. The molecule has 106 valence electrons. The van der Waals surface area contributed by atoms with Gasteiger partial charge in [-0.05, 0) is 19.8 Å². The summed E-state index contributed by atoms with van der Waals surface area (Å²) in [5.41, 5.74) is 1.86. The van der Waals surface area contributed by atoms with Crippen LogP contribution < -0.4 is 4.74 Å². The monoisotopic (exact) mass is 274 g/mol. The second-order valence-electron chi connectivity index (χ2n) is 5.07. The number of oxazole rings is 1. The number of rotatable bonds is 4. The lowest BCUT2D eigenvalue weighted by Gasteiger charge is -2.31. The van der Waals surface area contributed by atoms with E-state index in [1.807, 2.05) is 6.92 Å². The van der Waals surface area contributed by atoms with Crippen molar-refractivity contribution in [3.05, 3.63) is 36.4 Å². The Bertz CT molecular complexity index is 536. The average Bonchev–Trinajstić information content (AvgIpc) is 2.94. The molecule has 0 aromatic carbocycles. The fourth-order valence-corrected chi connectivity index (χ4v) is 2.40. The van der Waals surface area contributed by atoms with Crippen molar-refractivity contribution in [2.75, 3.05) is 13.1 Å². The minimum atomic E-state index is 0.222. The van der Waals surface area contributed by atoms with Gasteiger partial charge in [0.1, 0.15) is 12.4 Å². The molecule has 0 saturated carbocycles. The fraction of sp³-hybridized carbons (Fsp3) is 0.500. The van der Waals surface area contributed by atoms with E-state index in [1.165, 1.54) is 6.39 Å². The third-order valence-corrected chi connectivity index (χ3v) is 3.42. The first-order chi connectivity index (χ1) is 9.79. The van der Waals surface area contributed by atoms with Gasteiger partial charge in [0.15, 0.2) is 6.39 Å². The molecule has 0 bridgehead atoms. The maximum atomic E-state index is 5.89. The molecule has 0 amide bonds. The molecule has 3 rings (SSSR count). The standard InChI is InChI=1S/C14H18N4O2/c1-11-6-15-7-14(17-11)20-13-2-4-18(5-3-13)8-12-9-19-10-16-12/h6-7,9-10,13H,2-5,8H2,1H3. The highest BCUT2D eigenvalue weighted by Crippen LogP contribution is 2.18. The second-order valence-corrected chi connectivity index (χ2v) is 5.07. The summed E-state index contributed by atoms with van der Waals surface area (Å²) in [4.78, 5) is 14.9. The molecule has 1 saturated heterocycles. The van der Waals surface area contributed by atoms with Crippen LogP contribution in [0.2, 0.25) is 0 Å².